The molecule has 1 aliphatic carbocycles. The number of hydrogen-bond donors (Lipinski definition) is 0. The number of halogens is 1. The van der Waals surface area contributed by atoms with Crippen LogP contribution >= 0.6 is 15.9 Å². The van der Waals surface area contributed by atoms with Crippen molar-refractivity contribution in [3.63, 3.8) is 0 Å². The summed E-state index contributed by atoms with van der Waals surface area (Å²) < 4.78 is 0. The van der Waals surface area contributed by atoms with Gasteiger partial charge in [0.25, 0.3) is 0 Å². The topological polar surface area (TPSA) is 0 Å². The average molecular weight is 267 g/mol. The van der Waals surface area contributed by atoms with Gasteiger partial charge in [-0.1, -0.05) is 54.9 Å². The zero-order valence-corrected chi connectivity index (χ0v) is 11.4. The molecule has 0 aliphatic heterocycles. The van der Waals surface area contributed by atoms with Crippen LogP contribution in [0.1, 0.15) is 55.1 Å². The van der Waals surface area contributed by atoms with Gasteiger partial charge in [0, 0.05) is 4.83 Å². The summed E-state index contributed by atoms with van der Waals surface area (Å²) in [7, 11) is 0. The summed E-state index contributed by atoms with van der Waals surface area (Å²) in [6.45, 7) is 6.84. The Morgan fingerprint density at radius 3 is 2.67 bits per heavy atom. The highest BCUT2D eigenvalue weighted by Crippen LogP contribution is 2.38. The van der Waals surface area contributed by atoms with E-state index in [2.05, 4.69) is 54.9 Å². The van der Waals surface area contributed by atoms with Crippen molar-refractivity contribution in [2.75, 3.05) is 0 Å². The maximum Gasteiger partial charge on any atom is 0.0398 e. The maximum absolute atomic E-state index is 3.79. The third kappa shape index (κ3) is 2.28. The summed E-state index contributed by atoms with van der Waals surface area (Å²) in [6.07, 6.45) is 3.85. The lowest BCUT2D eigenvalue weighted by Gasteiger charge is -2.25. The van der Waals surface area contributed by atoms with Crippen molar-refractivity contribution in [3.8, 4) is 0 Å². The molecular weight excluding hydrogens is 248 g/mol. The van der Waals surface area contributed by atoms with E-state index in [1.807, 2.05) is 0 Å². The van der Waals surface area contributed by atoms with Gasteiger partial charge in [-0.05, 0) is 41.4 Å². The third-order valence-corrected chi connectivity index (χ3v) is 4.20. The Hall–Kier alpha value is -0.300. The minimum absolute atomic E-state index is 0.263. The molecule has 1 unspecified atom stereocenters. The van der Waals surface area contributed by atoms with E-state index in [-0.39, 0.29) is 5.41 Å². The van der Waals surface area contributed by atoms with Crippen molar-refractivity contribution in [3.05, 3.63) is 34.9 Å². The van der Waals surface area contributed by atoms with Crippen LogP contribution in [-0.2, 0) is 11.8 Å². The van der Waals surface area contributed by atoms with Gasteiger partial charge in [0.2, 0.25) is 0 Å². The van der Waals surface area contributed by atoms with Crippen LogP contribution in [0.3, 0.4) is 0 Å². The van der Waals surface area contributed by atoms with Crippen LogP contribution in [0, 0.1) is 0 Å². The van der Waals surface area contributed by atoms with Gasteiger partial charge in [-0.25, -0.2) is 0 Å². The van der Waals surface area contributed by atoms with Gasteiger partial charge < -0.3 is 0 Å². The normalized spacial score (nSPS) is 21.2. The molecule has 0 radical (unpaired) electrons. The van der Waals surface area contributed by atoms with Crippen LogP contribution in [0.25, 0.3) is 0 Å². The molecule has 0 bridgehead atoms. The molecule has 0 saturated heterocycles. The van der Waals surface area contributed by atoms with Gasteiger partial charge in [0.05, 0.1) is 0 Å². The molecule has 2 rings (SSSR count). The van der Waals surface area contributed by atoms with Gasteiger partial charge in [0.1, 0.15) is 0 Å². The standard InChI is InChI=1S/C14H19Br/c1-14(2,3)11-8-7-10-5-4-6-13(15)12(10)9-11/h7-9,13H,4-6H2,1-3H3. The Labute approximate surface area is 101 Å². The number of fused-ring (bicyclic) bond motifs is 1. The molecule has 1 atom stereocenters. The molecule has 1 heteroatoms. The molecule has 0 fully saturated rings. The average Bonchev–Trinajstić information content (AvgIpc) is 2.16. The van der Waals surface area contributed by atoms with Crippen molar-refractivity contribution >= 4 is 15.9 Å². The minimum atomic E-state index is 0.263. The largest absolute Gasteiger partial charge is 0.0839 e. The first kappa shape index (κ1) is 11.2. The van der Waals surface area contributed by atoms with Crippen LogP contribution in [0.5, 0.6) is 0 Å². The van der Waals surface area contributed by atoms with Crippen molar-refractivity contribution in [2.24, 2.45) is 0 Å². The molecule has 15 heavy (non-hydrogen) atoms. The molecule has 82 valence electrons. The number of aryl methyl sites for hydroxylation is 1. The van der Waals surface area contributed by atoms with Crippen molar-refractivity contribution in [1.29, 1.82) is 0 Å². The fourth-order valence-electron chi connectivity index (χ4n) is 2.21. The fraction of sp³-hybridized carbons (Fsp3) is 0.571. The zero-order valence-electron chi connectivity index (χ0n) is 9.81. The van der Waals surface area contributed by atoms with E-state index in [4.69, 9.17) is 0 Å². The molecule has 0 spiro atoms. The Morgan fingerprint density at radius 2 is 2.00 bits per heavy atom. The number of rotatable bonds is 0. The number of benzene rings is 1. The SMILES string of the molecule is CC(C)(C)c1ccc2c(c1)C(Br)CCC2. The molecule has 0 saturated carbocycles. The lowest BCUT2D eigenvalue weighted by Crippen LogP contribution is -2.13. The van der Waals surface area contributed by atoms with Crippen molar-refractivity contribution < 1.29 is 0 Å². The summed E-state index contributed by atoms with van der Waals surface area (Å²) in [5, 5.41) is 0. The highest BCUT2D eigenvalue weighted by molar-refractivity contribution is 9.09. The molecule has 0 N–H and O–H groups in total. The molecule has 0 nitrogen and oxygen atoms in total. The molecule has 1 aliphatic rings. The highest BCUT2D eigenvalue weighted by Gasteiger charge is 2.21. The Kier molecular flexibility index (Phi) is 2.94. The Morgan fingerprint density at radius 1 is 1.27 bits per heavy atom. The monoisotopic (exact) mass is 266 g/mol. The van der Waals surface area contributed by atoms with E-state index in [0.717, 1.165) is 0 Å². The van der Waals surface area contributed by atoms with E-state index < -0.39 is 0 Å². The van der Waals surface area contributed by atoms with Crippen LogP contribution in [0.15, 0.2) is 18.2 Å². The first-order valence-corrected chi connectivity index (χ1v) is 6.67. The lowest BCUT2D eigenvalue weighted by molar-refractivity contribution is 0.585. The first-order valence-electron chi connectivity index (χ1n) is 5.76. The summed E-state index contributed by atoms with van der Waals surface area (Å²) in [5.41, 5.74) is 4.77. The molecule has 0 amide bonds. The van der Waals surface area contributed by atoms with Gasteiger partial charge in [-0.3, -0.25) is 0 Å². The third-order valence-electron chi connectivity index (χ3n) is 3.25. The zero-order chi connectivity index (χ0) is 11.1. The molecule has 1 aromatic carbocycles. The van der Waals surface area contributed by atoms with Gasteiger partial charge in [-0.15, -0.1) is 0 Å². The van der Waals surface area contributed by atoms with Crippen LogP contribution < -0.4 is 0 Å². The minimum Gasteiger partial charge on any atom is -0.0839 e. The summed E-state index contributed by atoms with van der Waals surface area (Å²) in [6, 6.07) is 7.02. The Balaban J connectivity index is 2.44. The van der Waals surface area contributed by atoms with E-state index in [1.165, 1.54) is 36.0 Å². The van der Waals surface area contributed by atoms with E-state index in [1.54, 1.807) is 0 Å². The van der Waals surface area contributed by atoms with Crippen LogP contribution in [0.4, 0.5) is 0 Å². The summed E-state index contributed by atoms with van der Waals surface area (Å²) in [5.74, 6) is 0. The second-order valence-corrected chi connectivity index (χ2v) is 6.63. The van der Waals surface area contributed by atoms with Crippen molar-refractivity contribution in [2.45, 2.75) is 50.3 Å². The summed E-state index contributed by atoms with van der Waals surface area (Å²) >= 11 is 3.79. The van der Waals surface area contributed by atoms with Gasteiger partial charge in [0.15, 0.2) is 0 Å². The molecule has 1 aromatic rings. The van der Waals surface area contributed by atoms with E-state index >= 15 is 0 Å². The summed E-state index contributed by atoms with van der Waals surface area (Å²) in [4.78, 5) is 0.573. The maximum atomic E-state index is 3.79. The predicted molar refractivity (Wildman–Crippen MR) is 69.7 cm³/mol. The molecular formula is C14H19Br. The fourth-order valence-corrected chi connectivity index (χ4v) is 2.96. The van der Waals surface area contributed by atoms with E-state index in [0.29, 0.717) is 4.83 Å². The van der Waals surface area contributed by atoms with Gasteiger partial charge >= 0.3 is 0 Å². The first-order chi connectivity index (χ1) is 6.98. The smallest absolute Gasteiger partial charge is 0.0398 e. The van der Waals surface area contributed by atoms with Gasteiger partial charge in [-0.2, -0.15) is 0 Å². The quantitative estimate of drug-likeness (QED) is 0.595. The Bertz CT molecular complexity index is 360. The second-order valence-electron chi connectivity index (χ2n) is 5.52. The highest BCUT2D eigenvalue weighted by atomic mass is 79.9. The van der Waals surface area contributed by atoms with Crippen LogP contribution in [-0.4, -0.2) is 0 Å². The number of alkyl halides is 1. The number of hydrogen-bond acceptors (Lipinski definition) is 0. The lowest BCUT2D eigenvalue weighted by atomic mass is 9.82. The second kappa shape index (κ2) is 3.93. The molecule has 0 aromatic heterocycles. The predicted octanol–water partition coefficient (Wildman–Crippen LogP) is 4.76. The molecule has 0 heterocycles. The van der Waals surface area contributed by atoms with Crippen LogP contribution in [0.2, 0.25) is 0 Å². The van der Waals surface area contributed by atoms with E-state index in [9.17, 15) is 0 Å². The van der Waals surface area contributed by atoms with Crippen molar-refractivity contribution in [1.82, 2.24) is 0 Å².